The SMILES string of the molecule is C=C/C(C)=C(/F)N(C)C(=O)OCC. The number of hydrogen-bond acceptors (Lipinski definition) is 2. The second kappa shape index (κ2) is 5.35. The van der Waals surface area contributed by atoms with Gasteiger partial charge in [-0.15, -0.1) is 0 Å². The van der Waals surface area contributed by atoms with Crippen molar-refractivity contribution in [2.75, 3.05) is 13.7 Å². The smallest absolute Gasteiger partial charge is 0.415 e. The van der Waals surface area contributed by atoms with Gasteiger partial charge in [0.1, 0.15) is 0 Å². The Kier molecular flexibility index (Phi) is 4.80. The first-order valence-corrected chi connectivity index (χ1v) is 3.93. The maximum absolute atomic E-state index is 13.2. The van der Waals surface area contributed by atoms with Crippen molar-refractivity contribution in [3.63, 3.8) is 0 Å². The number of rotatable bonds is 3. The molecule has 3 nitrogen and oxygen atoms in total. The first-order chi connectivity index (χ1) is 6.04. The Morgan fingerprint density at radius 1 is 1.69 bits per heavy atom. The zero-order valence-corrected chi connectivity index (χ0v) is 8.13. The number of halogens is 1. The van der Waals surface area contributed by atoms with Gasteiger partial charge in [0.25, 0.3) is 0 Å². The molecule has 0 aliphatic heterocycles. The Balaban J connectivity index is 4.50. The van der Waals surface area contributed by atoms with Gasteiger partial charge in [0, 0.05) is 12.6 Å². The molecule has 0 aliphatic rings. The van der Waals surface area contributed by atoms with Gasteiger partial charge in [0.05, 0.1) is 6.61 Å². The number of hydrogen-bond donors (Lipinski definition) is 0. The molecule has 0 aromatic heterocycles. The van der Waals surface area contributed by atoms with Crippen molar-refractivity contribution in [1.82, 2.24) is 4.90 Å². The van der Waals surface area contributed by atoms with Crippen LogP contribution in [-0.4, -0.2) is 24.6 Å². The van der Waals surface area contributed by atoms with Gasteiger partial charge in [-0.2, -0.15) is 4.39 Å². The molecule has 13 heavy (non-hydrogen) atoms. The van der Waals surface area contributed by atoms with Crippen LogP contribution >= 0.6 is 0 Å². The molecule has 0 N–H and O–H groups in total. The predicted octanol–water partition coefficient (Wildman–Crippen LogP) is 2.46. The molecule has 0 saturated heterocycles. The first-order valence-electron chi connectivity index (χ1n) is 3.93. The zero-order chi connectivity index (χ0) is 10.4. The van der Waals surface area contributed by atoms with Crippen molar-refractivity contribution in [2.24, 2.45) is 0 Å². The third-order valence-electron chi connectivity index (χ3n) is 1.47. The van der Waals surface area contributed by atoms with Crippen LogP contribution in [0.3, 0.4) is 0 Å². The largest absolute Gasteiger partial charge is 0.449 e. The highest BCUT2D eigenvalue weighted by Crippen LogP contribution is 2.11. The summed E-state index contributed by atoms with van der Waals surface area (Å²) in [5, 5.41) is 0. The van der Waals surface area contributed by atoms with Crippen molar-refractivity contribution in [2.45, 2.75) is 13.8 Å². The standard InChI is InChI=1S/C9H14FNO2/c1-5-7(3)8(10)11(4)9(12)13-6-2/h5H,1,6H2,2-4H3/b8-7-. The summed E-state index contributed by atoms with van der Waals surface area (Å²) in [5.41, 5.74) is 0.301. The van der Waals surface area contributed by atoms with Crippen LogP contribution in [0.4, 0.5) is 9.18 Å². The molecule has 0 aromatic rings. The zero-order valence-electron chi connectivity index (χ0n) is 8.13. The van der Waals surface area contributed by atoms with Crippen molar-refractivity contribution < 1.29 is 13.9 Å². The van der Waals surface area contributed by atoms with E-state index in [4.69, 9.17) is 0 Å². The van der Waals surface area contributed by atoms with Gasteiger partial charge < -0.3 is 4.74 Å². The van der Waals surface area contributed by atoms with E-state index < -0.39 is 12.0 Å². The number of carbonyl (C=O) groups excluding carboxylic acids is 1. The third kappa shape index (κ3) is 3.27. The average Bonchev–Trinajstić information content (AvgIpc) is 2.14. The summed E-state index contributed by atoms with van der Waals surface area (Å²) >= 11 is 0. The molecule has 0 unspecified atom stereocenters. The van der Waals surface area contributed by atoms with Crippen molar-refractivity contribution in [3.8, 4) is 0 Å². The number of ether oxygens (including phenoxy) is 1. The molecule has 0 radical (unpaired) electrons. The highest BCUT2D eigenvalue weighted by Gasteiger charge is 2.15. The number of allylic oxidation sites excluding steroid dienone is 2. The van der Waals surface area contributed by atoms with Gasteiger partial charge in [-0.25, -0.2) is 4.79 Å². The van der Waals surface area contributed by atoms with Crippen LogP contribution in [0.1, 0.15) is 13.8 Å². The number of carbonyl (C=O) groups is 1. The summed E-state index contributed by atoms with van der Waals surface area (Å²) in [6.07, 6.45) is 0.631. The monoisotopic (exact) mass is 187 g/mol. The molecule has 0 fully saturated rings. The Morgan fingerprint density at radius 2 is 2.23 bits per heavy atom. The number of amides is 1. The quantitative estimate of drug-likeness (QED) is 0.501. The van der Waals surface area contributed by atoms with E-state index in [0.717, 1.165) is 4.90 Å². The fourth-order valence-electron chi connectivity index (χ4n) is 0.649. The molecule has 0 heterocycles. The molecule has 0 aliphatic carbocycles. The van der Waals surface area contributed by atoms with E-state index in [-0.39, 0.29) is 6.61 Å². The molecule has 74 valence electrons. The normalized spacial score (nSPS) is 11.7. The molecule has 0 rings (SSSR count). The van der Waals surface area contributed by atoms with Crippen LogP contribution in [0.2, 0.25) is 0 Å². The van der Waals surface area contributed by atoms with Gasteiger partial charge >= 0.3 is 6.09 Å². The Hall–Kier alpha value is -1.32. The fraction of sp³-hybridized carbons (Fsp3) is 0.444. The van der Waals surface area contributed by atoms with E-state index in [1.54, 1.807) is 6.92 Å². The minimum Gasteiger partial charge on any atom is -0.449 e. The second-order valence-electron chi connectivity index (χ2n) is 2.44. The highest BCUT2D eigenvalue weighted by atomic mass is 19.1. The van der Waals surface area contributed by atoms with E-state index in [0.29, 0.717) is 5.57 Å². The maximum Gasteiger partial charge on any atom is 0.415 e. The first kappa shape index (κ1) is 11.7. The third-order valence-corrected chi connectivity index (χ3v) is 1.47. The van der Waals surface area contributed by atoms with E-state index in [1.165, 1.54) is 20.0 Å². The van der Waals surface area contributed by atoms with Crippen molar-refractivity contribution >= 4 is 6.09 Å². The molecular formula is C9H14FNO2. The van der Waals surface area contributed by atoms with Crippen molar-refractivity contribution in [1.29, 1.82) is 0 Å². The minimum absolute atomic E-state index is 0.226. The van der Waals surface area contributed by atoms with Gasteiger partial charge in [0.15, 0.2) is 0 Å². The molecular weight excluding hydrogens is 173 g/mol. The minimum atomic E-state index is -0.707. The van der Waals surface area contributed by atoms with Gasteiger partial charge in [-0.3, -0.25) is 4.90 Å². The molecule has 0 bridgehead atoms. The molecule has 0 saturated carbocycles. The van der Waals surface area contributed by atoms with Gasteiger partial charge in [0.2, 0.25) is 5.95 Å². The topological polar surface area (TPSA) is 29.5 Å². The van der Waals surface area contributed by atoms with Gasteiger partial charge in [-0.1, -0.05) is 12.7 Å². The molecule has 0 spiro atoms. The lowest BCUT2D eigenvalue weighted by atomic mass is 10.3. The fourth-order valence-corrected chi connectivity index (χ4v) is 0.649. The van der Waals surface area contributed by atoms with Crippen molar-refractivity contribution in [3.05, 3.63) is 24.2 Å². The number of nitrogens with zero attached hydrogens (tertiary/aromatic N) is 1. The molecule has 1 amide bonds. The lowest BCUT2D eigenvalue weighted by Crippen LogP contribution is -2.25. The van der Waals surface area contributed by atoms with E-state index >= 15 is 0 Å². The summed E-state index contributed by atoms with van der Waals surface area (Å²) in [4.78, 5) is 11.8. The summed E-state index contributed by atoms with van der Waals surface area (Å²) in [6, 6.07) is 0. The van der Waals surface area contributed by atoms with Gasteiger partial charge in [-0.05, 0) is 13.8 Å². The van der Waals surface area contributed by atoms with Crippen LogP contribution in [0.25, 0.3) is 0 Å². The lowest BCUT2D eigenvalue weighted by Gasteiger charge is -2.14. The Bertz CT molecular complexity index is 236. The van der Waals surface area contributed by atoms with Crippen LogP contribution in [0.5, 0.6) is 0 Å². The van der Waals surface area contributed by atoms with Crippen LogP contribution in [0, 0.1) is 0 Å². The predicted molar refractivity (Wildman–Crippen MR) is 48.8 cm³/mol. The summed E-state index contributed by atoms with van der Waals surface area (Å²) in [6.45, 7) is 6.80. The van der Waals surface area contributed by atoms with Crippen LogP contribution in [-0.2, 0) is 4.74 Å². The van der Waals surface area contributed by atoms with E-state index in [1.807, 2.05) is 0 Å². The average molecular weight is 187 g/mol. The summed E-state index contributed by atoms with van der Waals surface area (Å²) < 4.78 is 17.8. The second-order valence-corrected chi connectivity index (χ2v) is 2.44. The summed E-state index contributed by atoms with van der Waals surface area (Å²) in [5.74, 6) is -0.645. The lowest BCUT2D eigenvalue weighted by molar-refractivity contribution is 0.118. The summed E-state index contributed by atoms with van der Waals surface area (Å²) in [7, 11) is 1.31. The maximum atomic E-state index is 13.2. The highest BCUT2D eigenvalue weighted by molar-refractivity contribution is 5.69. The molecule has 0 aromatic carbocycles. The molecule has 4 heteroatoms. The van der Waals surface area contributed by atoms with Crippen LogP contribution < -0.4 is 0 Å². The van der Waals surface area contributed by atoms with Crippen LogP contribution in [0.15, 0.2) is 24.2 Å². The molecule has 0 atom stereocenters. The van der Waals surface area contributed by atoms with E-state index in [9.17, 15) is 9.18 Å². The Morgan fingerprint density at radius 3 is 2.62 bits per heavy atom. The van der Waals surface area contributed by atoms with E-state index in [2.05, 4.69) is 11.3 Å². The Labute approximate surface area is 77.5 Å².